The predicted molar refractivity (Wildman–Crippen MR) is 60.5 cm³/mol. The van der Waals surface area contributed by atoms with Crippen molar-refractivity contribution in [2.24, 2.45) is 0 Å². The molecular formula is C10H10BrFOS. The van der Waals surface area contributed by atoms with E-state index in [1.54, 1.807) is 6.07 Å². The van der Waals surface area contributed by atoms with E-state index in [-0.39, 0.29) is 16.4 Å². The largest absolute Gasteiger partial charge is 0.298 e. The Morgan fingerprint density at radius 2 is 2.21 bits per heavy atom. The first-order valence-electron chi connectivity index (χ1n) is 4.04. The van der Waals surface area contributed by atoms with Crippen molar-refractivity contribution in [3.63, 3.8) is 0 Å². The lowest BCUT2D eigenvalue weighted by molar-refractivity contribution is -0.116. The van der Waals surface area contributed by atoms with Crippen LogP contribution in [0.3, 0.4) is 0 Å². The monoisotopic (exact) mass is 276 g/mol. The number of thioether (sulfide) groups is 1. The van der Waals surface area contributed by atoms with Crippen molar-refractivity contribution in [2.75, 3.05) is 6.26 Å². The zero-order chi connectivity index (χ0) is 10.7. The van der Waals surface area contributed by atoms with E-state index in [1.165, 1.54) is 30.8 Å². The van der Waals surface area contributed by atoms with Crippen molar-refractivity contribution in [1.82, 2.24) is 0 Å². The van der Waals surface area contributed by atoms with Crippen LogP contribution in [0.15, 0.2) is 23.1 Å². The van der Waals surface area contributed by atoms with E-state index in [9.17, 15) is 9.18 Å². The molecule has 1 rings (SSSR count). The molecule has 0 N–H and O–H groups in total. The quantitative estimate of drug-likeness (QED) is 0.620. The molecule has 14 heavy (non-hydrogen) atoms. The molecule has 1 unspecified atom stereocenters. The molecule has 0 spiro atoms. The second-order valence-electron chi connectivity index (χ2n) is 2.86. The van der Waals surface area contributed by atoms with E-state index in [2.05, 4.69) is 15.9 Å². The molecular weight excluding hydrogens is 267 g/mol. The van der Waals surface area contributed by atoms with E-state index in [0.29, 0.717) is 0 Å². The number of halogens is 2. The Morgan fingerprint density at radius 1 is 1.57 bits per heavy atom. The standard InChI is InChI=1S/C10H10BrFOS/c1-6(13)10(11)8-4-3-7(12)5-9(8)14-2/h3-5,10H,1-2H3. The van der Waals surface area contributed by atoms with Gasteiger partial charge < -0.3 is 0 Å². The molecule has 0 aliphatic rings. The first kappa shape index (κ1) is 11.7. The average Bonchev–Trinajstić information content (AvgIpc) is 2.16. The summed E-state index contributed by atoms with van der Waals surface area (Å²) in [6.07, 6.45) is 1.86. The fourth-order valence-electron chi connectivity index (χ4n) is 1.11. The minimum absolute atomic E-state index is 0.0203. The van der Waals surface area contributed by atoms with Gasteiger partial charge in [-0.3, -0.25) is 4.79 Å². The summed E-state index contributed by atoms with van der Waals surface area (Å²) in [7, 11) is 0. The second-order valence-corrected chi connectivity index (χ2v) is 4.62. The number of Topliss-reactive ketones (excluding diaryl/α,β-unsaturated/α-hetero) is 1. The van der Waals surface area contributed by atoms with Gasteiger partial charge in [0.25, 0.3) is 0 Å². The molecule has 0 radical (unpaired) electrons. The lowest BCUT2D eigenvalue weighted by Gasteiger charge is -2.10. The highest BCUT2D eigenvalue weighted by molar-refractivity contribution is 9.09. The van der Waals surface area contributed by atoms with Crippen molar-refractivity contribution >= 4 is 33.5 Å². The molecule has 1 aromatic rings. The van der Waals surface area contributed by atoms with Crippen LogP contribution >= 0.6 is 27.7 Å². The summed E-state index contributed by atoms with van der Waals surface area (Å²) in [5.74, 6) is -0.256. The Bertz CT molecular complexity index is 354. The number of carbonyl (C=O) groups is 1. The van der Waals surface area contributed by atoms with Crippen LogP contribution in [0.5, 0.6) is 0 Å². The van der Waals surface area contributed by atoms with E-state index >= 15 is 0 Å². The van der Waals surface area contributed by atoms with Crippen LogP contribution in [-0.2, 0) is 4.79 Å². The van der Waals surface area contributed by atoms with Crippen molar-refractivity contribution in [1.29, 1.82) is 0 Å². The highest BCUT2D eigenvalue weighted by Gasteiger charge is 2.16. The van der Waals surface area contributed by atoms with Gasteiger partial charge in [0.15, 0.2) is 0 Å². The van der Waals surface area contributed by atoms with Crippen molar-refractivity contribution < 1.29 is 9.18 Å². The van der Waals surface area contributed by atoms with Crippen molar-refractivity contribution in [2.45, 2.75) is 16.6 Å². The number of alkyl halides is 1. The molecule has 1 aromatic carbocycles. The zero-order valence-electron chi connectivity index (χ0n) is 7.88. The fourth-order valence-corrected chi connectivity index (χ4v) is 2.32. The molecule has 0 amide bonds. The minimum Gasteiger partial charge on any atom is -0.298 e. The van der Waals surface area contributed by atoms with Gasteiger partial charge in [0, 0.05) is 4.90 Å². The molecule has 0 fully saturated rings. The molecule has 4 heteroatoms. The number of hydrogen-bond donors (Lipinski definition) is 0. The van der Waals surface area contributed by atoms with Gasteiger partial charge in [0.2, 0.25) is 0 Å². The van der Waals surface area contributed by atoms with Gasteiger partial charge in [-0.15, -0.1) is 11.8 Å². The average molecular weight is 277 g/mol. The van der Waals surface area contributed by atoms with E-state index in [4.69, 9.17) is 0 Å². The number of benzene rings is 1. The normalized spacial score (nSPS) is 12.6. The number of carbonyl (C=O) groups excluding carboxylic acids is 1. The van der Waals surface area contributed by atoms with Gasteiger partial charge in [-0.2, -0.15) is 0 Å². The van der Waals surface area contributed by atoms with Gasteiger partial charge in [-0.25, -0.2) is 4.39 Å². The maximum Gasteiger partial charge on any atom is 0.147 e. The summed E-state index contributed by atoms with van der Waals surface area (Å²) >= 11 is 4.71. The highest BCUT2D eigenvalue weighted by atomic mass is 79.9. The van der Waals surface area contributed by atoms with Crippen LogP contribution in [0.4, 0.5) is 4.39 Å². The molecule has 0 saturated heterocycles. The molecule has 0 aromatic heterocycles. The second kappa shape index (κ2) is 4.94. The predicted octanol–water partition coefficient (Wildman–Crippen LogP) is 3.57. The highest BCUT2D eigenvalue weighted by Crippen LogP contribution is 2.32. The molecule has 0 bridgehead atoms. The van der Waals surface area contributed by atoms with Gasteiger partial charge >= 0.3 is 0 Å². The van der Waals surface area contributed by atoms with E-state index in [1.807, 2.05) is 6.26 Å². The fraction of sp³-hybridized carbons (Fsp3) is 0.300. The molecule has 0 aliphatic heterocycles. The Labute approximate surface area is 95.2 Å². The Morgan fingerprint density at radius 3 is 2.71 bits per heavy atom. The molecule has 1 atom stereocenters. The molecule has 0 heterocycles. The molecule has 0 saturated carbocycles. The molecule has 76 valence electrons. The third-order valence-corrected chi connectivity index (χ3v) is 3.76. The van der Waals surface area contributed by atoms with Crippen molar-refractivity contribution in [3.8, 4) is 0 Å². The van der Waals surface area contributed by atoms with Gasteiger partial charge in [0.1, 0.15) is 11.6 Å². The molecule has 0 aliphatic carbocycles. The number of hydrogen-bond acceptors (Lipinski definition) is 2. The first-order valence-corrected chi connectivity index (χ1v) is 6.18. The van der Waals surface area contributed by atoms with E-state index < -0.39 is 0 Å². The zero-order valence-corrected chi connectivity index (χ0v) is 10.3. The third kappa shape index (κ3) is 2.58. The lowest BCUT2D eigenvalue weighted by atomic mass is 10.1. The molecule has 1 nitrogen and oxygen atoms in total. The van der Waals surface area contributed by atoms with Crippen LogP contribution in [0.1, 0.15) is 17.3 Å². The van der Waals surface area contributed by atoms with Crippen LogP contribution in [0.25, 0.3) is 0 Å². The third-order valence-electron chi connectivity index (χ3n) is 1.83. The topological polar surface area (TPSA) is 17.1 Å². The van der Waals surface area contributed by atoms with Crippen molar-refractivity contribution in [3.05, 3.63) is 29.6 Å². The SMILES string of the molecule is CSc1cc(F)ccc1C(Br)C(C)=O. The lowest BCUT2D eigenvalue weighted by Crippen LogP contribution is -2.02. The Hall–Kier alpha value is -0.350. The van der Waals surface area contributed by atoms with Crippen LogP contribution < -0.4 is 0 Å². The summed E-state index contributed by atoms with van der Waals surface area (Å²) in [6.45, 7) is 1.51. The summed E-state index contributed by atoms with van der Waals surface area (Å²) in [5, 5.41) is 0. The summed E-state index contributed by atoms with van der Waals surface area (Å²) in [4.78, 5) is 11.6. The van der Waals surface area contributed by atoms with Crippen LogP contribution in [0, 0.1) is 5.82 Å². The summed E-state index contributed by atoms with van der Waals surface area (Å²) in [6, 6.07) is 4.45. The Balaban J connectivity index is 3.13. The van der Waals surface area contributed by atoms with Crippen LogP contribution in [-0.4, -0.2) is 12.0 Å². The summed E-state index contributed by atoms with van der Waals surface area (Å²) in [5.41, 5.74) is 0.825. The van der Waals surface area contributed by atoms with Gasteiger partial charge in [-0.1, -0.05) is 22.0 Å². The minimum atomic E-state index is -0.342. The number of rotatable bonds is 3. The first-order chi connectivity index (χ1) is 6.56. The maximum absolute atomic E-state index is 12.9. The maximum atomic E-state index is 12.9. The van der Waals surface area contributed by atoms with Gasteiger partial charge in [0.05, 0.1) is 4.83 Å². The van der Waals surface area contributed by atoms with Crippen LogP contribution in [0.2, 0.25) is 0 Å². The Kier molecular flexibility index (Phi) is 4.13. The number of ketones is 1. The van der Waals surface area contributed by atoms with Gasteiger partial charge in [-0.05, 0) is 30.9 Å². The summed E-state index contributed by atoms with van der Waals surface area (Å²) < 4.78 is 12.9. The smallest absolute Gasteiger partial charge is 0.147 e. The van der Waals surface area contributed by atoms with E-state index in [0.717, 1.165) is 10.5 Å².